The second-order valence-electron chi connectivity index (χ2n) is 1.10. The Hall–Kier alpha value is 0.650. The minimum atomic E-state index is -0.284. The van der Waals surface area contributed by atoms with E-state index in [9.17, 15) is 4.21 Å². The van der Waals surface area contributed by atoms with E-state index < -0.39 is 0 Å². The van der Waals surface area contributed by atoms with Crippen LogP contribution in [0.3, 0.4) is 0 Å². The molecule has 5 heteroatoms. The molecule has 0 aliphatic heterocycles. The summed E-state index contributed by atoms with van der Waals surface area (Å²) in [7, 11) is 0. The summed E-state index contributed by atoms with van der Waals surface area (Å²) in [6.45, 7) is 0. The molecule has 0 aromatic carbocycles. The van der Waals surface area contributed by atoms with E-state index in [1.807, 2.05) is 11.4 Å². The van der Waals surface area contributed by atoms with E-state index in [-0.39, 0.29) is 41.5 Å². The molecule has 0 unspecified atom stereocenters. The number of thiol groups is 1. The fourth-order valence-corrected chi connectivity index (χ4v) is 1.20. The maximum absolute atomic E-state index is 9.75. The van der Waals surface area contributed by atoms with Gasteiger partial charge in [0.25, 0.3) is 0 Å². The van der Waals surface area contributed by atoms with Crippen molar-refractivity contribution in [3.05, 3.63) is 17.5 Å². The van der Waals surface area contributed by atoms with Crippen LogP contribution < -0.4 is 4.18 Å². The van der Waals surface area contributed by atoms with E-state index >= 15 is 0 Å². The molecular formula is C4H5NaO2S2. The van der Waals surface area contributed by atoms with Gasteiger partial charge in [0.15, 0.2) is 17.0 Å². The van der Waals surface area contributed by atoms with Crippen LogP contribution in [-0.4, -0.2) is 33.8 Å². The molecule has 0 aliphatic rings. The van der Waals surface area contributed by atoms with Crippen LogP contribution in [0, 0.1) is 0 Å². The summed E-state index contributed by atoms with van der Waals surface area (Å²) in [5, 5.41) is 2.54. The summed E-state index contributed by atoms with van der Waals surface area (Å²) in [5.74, 6) is 0. The number of thiophene rings is 1. The van der Waals surface area contributed by atoms with Crippen LogP contribution in [0.4, 0.5) is 0 Å². The molecule has 0 saturated carbocycles. The normalized spacial score (nSPS) is 8.00. The second-order valence-corrected chi connectivity index (χ2v) is 2.34. The van der Waals surface area contributed by atoms with Crippen molar-refractivity contribution in [3.8, 4) is 5.06 Å². The molecule has 46 valence electrons. The van der Waals surface area contributed by atoms with Crippen molar-refractivity contribution in [2.75, 3.05) is 0 Å². The maximum atomic E-state index is 9.75. The molecular weight excluding hydrogens is 167 g/mol. The van der Waals surface area contributed by atoms with E-state index in [0.717, 1.165) is 0 Å². The topological polar surface area (TPSA) is 26.3 Å². The summed E-state index contributed by atoms with van der Waals surface area (Å²) in [6, 6.07) is 3.60. The van der Waals surface area contributed by atoms with Gasteiger partial charge < -0.3 is 4.18 Å². The molecule has 1 heterocycles. The molecule has 0 radical (unpaired) electrons. The van der Waals surface area contributed by atoms with Crippen LogP contribution in [0.2, 0.25) is 0 Å². The third-order valence-corrected chi connectivity index (χ3v) is 1.76. The Balaban J connectivity index is 0.000000640. The van der Waals surface area contributed by atoms with E-state index in [0.29, 0.717) is 5.06 Å². The van der Waals surface area contributed by atoms with Gasteiger partial charge in [-0.15, -0.1) is 11.3 Å². The predicted molar refractivity (Wildman–Crippen MR) is 41.6 cm³/mol. The Kier molecular flexibility index (Phi) is 5.83. The molecule has 0 N–H and O–H groups in total. The molecule has 0 amide bonds. The predicted octanol–water partition coefficient (Wildman–Crippen LogP) is 0.339. The third-order valence-electron chi connectivity index (χ3n) is 0.622. The van der Waals surface area contributed by atoms with Gasteiger partial charge in [-0.1, -0.05) is 0 Å². The van der Waals surface area contributed by atoms with Crippen LogP contribution in [0.15, 0.2) is 17.5 Å². The van der Waals surface area contributed by atoms with Gasteiger partial charge in [0.2, 0.25) is 0 Å². The first kappa shape index (κ1) is 9.65. The van der Waals surface area contributed by atoms with E-state index in [1.165, 1.54) is 11.3 Å². The summed E-state index contributed by atoms with van der Waals surface area (Å²) >= 11 is 1.13. The first-order valence-corrected chi connectivity index (χ1v) is 3.57. The molecule has 0 spiro atoms. The summed E-state index contributed by atoms with van der Waals surface area (Å²) in [5.41, 5.74) is 0. The van der Waals surface area contributed by atoms with Gasteiger partial charge in [0.1, 0.15) is 0 Å². The molecule has 2 nitrogen and oxygen atoms in total. The molecule has 1 aromatic rings. The average Bonchev–Trinajstić information content (AvgIpc) is 2.19. The Morgan fingerprint density at radius 1 is 1.67 bits per heavy atom. The van der Waals surface area contributed by atoms with Gasteiger partial charge in [-0.2, -0.15) is 0 Å². The number of hydrogen-bond acceptors (Lipinski definition) is 3. The standard InChI is InChI=1S/C4H4O2S2.Na.H/c5-8-6-4-2-1-3-7-4;;/h1-3,8H;;. The Labute approximate surface area is 83.2 Å². The second kappa shape index (κ2) is 5.44. The van der Waals surface area contributed by atoms with Crippen LogP contribution in [0.1, 0.15) is 0 Å². The van der Waals surface area contributed by atoms with Crippen LogP contribution in [-0.2, 0) is 11.9 Å². The van der Waals surface area contributed by atoms with Crippen molar-refractivity contribution in [2.24, 2.45) is 0 Å². The summed E-state index contributed by atoms with van der Waals surface area (Å²) < 4.78 is 14.3. The average molecular weight is 172 g/mol. The molecule has 0 saturated heterocycles. The fourth-order valence-electron chi connectivity index (χ4n) is 0.352. The minimum absolute atomic E-state index is 0. The monoisotopic (exact) mass is 172 g/mol. The summed E-state index contributed by atoms with van der Waals surface area (Å²) in [6.07, 6.45) is 0. The first-order chi connectivity index (χ1) is 3.93. The van der Waals surface area contributed by atoms with Gasteiger partial charge in [-0.05, 0) is 17.5 Å². The molecule has 1 aromatic heterocycles. The van der Waals surface area contributed by atoms with Crippen molar-refractivity contribution in [2.45, 2.75) is 0 Å². The molecule has 9 heavy (non-hydrogen) atoms. The zero-order valence-electron chi connectivity index (χ0n) is 3.90. The quantitative estimate of drug-likeness (QED) is 0.514. The fraction of sp³-hybridized carbons (Fsp3) is 0. The number of rotatable bonds is 2. The zero-order chi connectivity index (χ0) is 5.82. The van der Waals surface area contributed by atoms with E-state index in [1.54, 1.807) is 6.07 Å². The first-order valence-electron chi connectivity index (χ1n) is 1.96. The van der Waals surface area contributed by atoms with Gasteiger partial charge >= 0.3 is 29.6 Å². The molecule has 0 atom stereocenters. The van der Waals surface area contributed by atoms with Crippen molar-refractivity contribution in [1.82, 2.24) is 0 Å². The van der Waals surface area contributed by atoms with Gasteiger partial charge in [0.05, 0.1) is 0 Å². The van der Waals surface area contributed by atoms with Crippen molar-refractivity contribution in [1.29, 1.82) is 0 Å². The third kappa shape index (κ3) is 3.37. The molecule has 0 aliphatic carbocycles. The van der Waals surface area contributed by atoms with Crippen LogP contribution >= 0.6 is 11.3 Å². The van der Waals surface area contributed by atoms with Gasteiger partial charge in [0, 0.05) is 0 Å². The van der Waals surface area contributed by atoms with Gasteiger partial charge in [-0.25, -0.2) is 4.21 Å². The Bertz CT molecular complexity index is 163. The van der Waals surface area contributed by atoms with Crippen LogP contribution in [0.25, 0.3) is 0 Å². The van der Waals surface area contributed by atoms with Crippen molar-refractivity contribution in [3.63, 3.8) is 0 Å². The Morgan fingerprint density at radius 3 is 2.89 bits per heavy atom. The summed E-state index contributed by atoms with van der Waals surface area (Å²) in [4.78, 5) is 0. The SMILES string of the molecule is O=[SH]Oc1cccs1.[NaH]. The van der Waals surface area contributed by atoms with Gasteiger partial charge in [-0.3, -0.25) is 0 Å². The zero-order valence-corrected chi connectivity index (χ0v) is 5.61. The molecule has 0 fully saturated rings. The van der Waals surface area contributed by atoms with E-state index in [4.69, 9.17) is 0 Å². The van der Waals surface area contributed by atoms with Crippen LogP contribution in [0.5, 0.6) is 5.06 Å². The van der Waals surface area contributed by atoms with E-state index in [2.05, 4.69) is 4.18 Å². The van der Waals surface area contributed by atoms with Crippen molar-refractivity contribution >= 4 is 52.8 Å². The Morgan fingerprint density at radius 2 is 2.44 bits per heavy atom. The molecule has 0 bridgehead atoms. The van der Waals surface area contributed by atoms with Crippen molar-refractivity contribution < 1.29 is 8.39 Å². The number of hydrogen-bond donors (Lipinski definition) is 1. The molecule has 1 rings (SSSR count).